The number of hydrogen-bond donors (Lipinski definition) is 2. The Morgan fingerprint density at radius 3 is 2.62 bits per heavy atom. The lowest BCUT2D eigenvalue weighted by Gasteiger charge is -2.32. The smallest absolute Gasteiger partial charge is 0.0595 e. The fraction of sp³-hybridized carbons (Fsp3) is 0.500. The van der Waals surface area contributed by atoms with E-state index in [1.54, 1.807) is 6.07 Å². The quantitative estimate of drug-likeness (QED) is 0.815. The van der Waals surface area contributed by atoms with Crippen molar-refractivity contribution in [1.29, 1.82) is 0 Å². The van der Waals surface area contributed by atoms with Crippen LogP contribution in [0.25, 0.3) is 0 Å². The summed E-state index contributed by atoms with van der Waals surface area (Å²) in [6.07, 6.45) is 2.10. The topological polar surface area (TPSA) is 46.2 Å². The van der Waals surface area contributed by atoms with Gasteiger partial charge < -0.3 is 10.8 Å². The van der Waals surface area contributed by atoms with Crippen LogP contribution in [0.1, 0.15) is 30.7 Å². The Hall–Kier alpha value is -0.280. The van der Waals surface area contributed by atoms with Gasteiger partial charge in [0.15, 0.2) is 0 Å². The van der Waals surface area contributed by atoms with Crippen molar-refractivity contribution in [2.24, 2.45) is 5.73 Å². The van der Waals surface area contributed by atoms with Gasteiger partial charge in [0.25, 0.3) is 0 Å². The normalized spacial score (nSPS) is 30.4. The van der Waals surface area contributed by atoms with Gasteiger partial charge in [-0.3, -0.25) is 0 Å². The minimum absolute atomic E-state index is 0.0978. The van der Waals surface area contributed by atoms with E-state index >= 15 is 0 Å². The molecule has 0 spiro atoms. The predicted molar refractivity (Wildman–Crippen MR) is 67.0 cm³/mol. The molecule has 1 saturated carbocycles. The van der Waals surface area contributed by atoms with Gasteiger partial charge in [-0.25, -0.2) is 0 Å². The molecular formula is C12H15Cl2NO. The summed E-state index contributed by atoms with van der Waals surface area (Å²) in [5, 5.41) is 10.8. The molecule has 0 bridgehead atoms. The van der Waals surface area contributed by atoms with Crippen LogP contribution in [0.2, 0.25) is 10.0 Å². The van der Waals surface area contributed by atoms with E-state index in [2.05, 4.69) is 0 Å². The molecule has 3 atom stereocenters. The van der Waals surface area contributed by atoms with Crippen molar-refractivity contribution in [2.75, 3.05) is 0 Å². The molecule has 2 rings (SSSR count). The molecule has 0 aliphatic heterocycles. The number of nitrogens with two attached hydrogens (primary N) is 1. The molecule has 1 aromatic rings. The molecule has 2 nitrogen and oxygen atoms in total. The van der Waals surface area contributed by atoms with Gasteiger partial charge in [-0.1, -0.05) is 29.3 Å². The zero-order valence-corrected chi connectivity index (χ0v) is 10.4. The third kappa shape index (κ3) is 2.51. The molecule has 0 radical (unpaired) electrons. The van der Waals surface area contributed by atoms with Crippen molar-refractivity contribution < 1.29 is 5.11 Å². The zero-order chi connectivity index (χ0) is 11.7. The van der Waals surface area contributed by atoms with Crippen LogP contribution in [0.5, 0.6) is 0 Å². The Balaban J connectivity index is 2.24. The van der Waals surface area contributed by atoms with Crippen molar-refractivity contribution in [3.05, 3.63) is 33.8 Å². The Kier molecular flexibility index (Phi) is 3.75. The van der Waals surface area contributed by atoms with Crippen molar-refractivity contribution in [2.45, 2.75) is 37.3 Å². The van der Waals surface area contributed by atoms with Crippen LogP contribution < -0.4 is 5.73 Å². The van der Waals surface area contributed by atoms with E-state index in [4.69, 9.17) is 28.9 Å². The van der Waals surface area contributed by atoms with Gasteiger partial charge in [0, 0.05) is 12.0 Å². The van der Waals surface area contributed by atoms with Gasteiger partial charge in [0.2, 0.25) is 0 Å². The molecular weight excluding hydrogens is 245 g/mol. The van der Waals surface area contributed by atoms with Crippen LogP contribution in [-0.2, 0) is 0 Å². The summed E-state index contributed by atoms with van der Waals surface area (Å²) in [7, 11) is 0. The van der Waals surface area contributed by atoms with E-state index in [-0.39, 0.29) is 18.1 Å². The number of rotatable bonds is 1. The Bertz CT molecular complexity index is 383. The second-order valence-corrected chi connectivity index (χ2v) is 5.23. The molecule has 0 amide bonds. The number of halogens is 2. The first-order valence-corrected chi connectivity index (χ1v) is 6.22. The maximum atomic E-state index is 9.67. The third-order valence-corrected chi connectivity index (χ3v) is 3.99. The average molecular weight is 260 g/mol. The molecule has 3 unspecified atom stereocenters. The summed E-state index contributed by atoms with van der Waals surface area (Å²) >= 11 is 11.9. The van der Waals surface area contributed by atoms with Crippen LogP contribution in [0.4, 0.5) is 0 Å². The van der Waals surface area contributed by atoms with Gasteiger partial charge in [-0.05, 0) is 37.0 Å². The fourth-order valence-corrected chi connectivity index (χ4v) is 2.60. The first-order valence-electron chi connectivity index (χ1n) is 5.46. The molecule has 1 aliphatic carbocycles. The highest BCUT2D eigenvalue weighted by Crippen LogP contribution is 2.34. The summed E-state index contributed by atoms with van der Waals surface area (Å²) in [5.74, 6) is 0.179. The highest BCUT2D eigenvalue weighted by molar-refractivity contribution is 6.42. The fourth-order valence-electron chi connectivity index (χ4n) is 2.30. The van der Waals surface area contributed by atoms with Gasteiger partial charge in [0.05, 0.1) is 16.1 Å². The van der Waals surface area contributed by atoms with Crippen LogP contribution in [-0.4, -0.2) is 17.3 Å². The molecule has 1 aliphatic rings. The van der Waals surface area contributed by atoms with Crippen LogP contribution >= 0.6 is 23.2 Å². The summed E-state index contributed by atoms with van der Waals surface area (Å²) in [6.45, 7) is 0. The van der Waals surface area contributed by atoms with Crippen LogP contribution in [0, 0.1) is 0 Å². The lowest BCUT2D eigenvalue weighted by atomic mass is 9.79. The summed E-state index contributed by atoms with van der Waals surface area (Å²) in [4.78, 5) is 0. The summed E-state index contributed by atoms with van der Waals surface area (Å²) in [6, 6.07) is 5.68. The standard InChI is InChI=1S/C12H15Cl2NO/c13-10-3-1-7(5-11(10)14)9-6-8(16)2-4-12(9)15/h1,3,5,8-9,12,16H,2,4,6,15H2. The Morgan fingerprint density at radius 2 is 1.94 bits per heavy atom. The molecule has 16 heavy (non-hydrogen) atoms. The minimum atomic E-state index is -0.251. The van der Waals surface area contributed by atoms with E-state index in [0.717, 1.165) is 18.4 Å². The molecule has 88 valence electrons. The summed E-state index contributed by atoms with van der Waals surface area (Å²) in [5.41, 5.74) is 7.14. The highest BCUT2D eigenvalue weighted by atomic mass is 35.5. The van der Waals surface area contributed by atoms with Gasteiger partial charge in [-0.2, -0.15) is 0 Å². The number of aliphatic hydroxyl groups excluding tert-OH is 1. The molecule has 3 N–H and O–H groups in total. The number of benzene rings is 1. The highest BCUT2D eigenvalue weighted by Gasteiger charge is 2.28. The Morgan fingerprint density at radius 1 is 1.19 bits per heavy atom. The van der Waals surface area contributed by atoms with Crippen molar-refractivity contribution in [3.63, 3.8) is 0 Å². The largest absolute Gasteiger partial charge is 0.393 e. The second kappa shape index (κ2) is 4.92. The first kappa shape index (κ1) is 12.2. The molecule has 0 saturated heterocycles. The Labute approximate surface area is 105 Å². The van der Waals surface area contributed by atoms with Gasteiger partial charge in [-0.15, -0.1) is 0 Å². The van der Waals surface area contributed by atoms with E-state index in [1.807, 2.05) is 12.1 Å². The SMILES string of the molecule is NC1CCC(O)CC1c1ccc(Cl)c(Cl)c1. The van der Waals surface area contributed by atoms with E-state index in [9.17, 15) is 5.11 Å². The van der Waals surface area contributed by atoms with Crippen molar-refractivity contribution in [1.82, 2.24) is 0 Å². The minimum Gasteiger partial charge on any atom is -0.393 e. The zero-order valence-electron chi connectivity index (χ0n) is 8.87. The van der Waals surface area contributed by atoms with E-state index < -0.39 is 0 Å². The first-order chi connectivity index (χ1) is 7.58. The molecule has 0 aromatic heterocycles. The predicted octanol–water partition coefficient (Wildman–Crippen LogP) is 2.95. The maximum absolute atomic E-state index is 9.67. The van der Waals surface area contributed by atoms with E-state index in [1.165, 1.54) is 0 Å². The number of hydrogen-bond acceptors (Lipinski definition) is 2. The molecule has 1 fully saturated rings. The molecule has 1 aromatic carbocycles. The van der Waals surface area contributed by atoms with E-state index in [0.29, 0.717) is 16.5 Å². The van der Waals surface area contributed by atoms with Gasteiger partial charge in [0.1, 0.15) is 0 Å². The van der Waals surface area contributed by atoms with Crippen LogP contribution in [0.15, 0.2) is 18.2 Å². The lowest BCUT2D eigenvalue weighted by Crippen LogP contribution is -2.36. The maximum Gasteiger partial charge on any atom is 0.0595 e. The third-order valence-electron chi connectivity index (χ3n) is 3.25. The molecule has 0 heterocycles. The van der Waals surface area contributed by atoms with Crippen LogP contribution in [0.3, 0.4) is 0 Å². The van der Waals surface area contributed by atoms with Crippen molar-refractivity contribution in [3.8, 4) is 0 Å². The van der Waals surface area contributed by atoms with Crippen molar-refractivity contribution >= 4 is 23.2 Å². The lowest BCUT2D eigenvalue weighted by molar-refractivity contribution is 0.111. The number of aliphatic hydroxyl groups is 1. The summed E-state index contributed by atoms with van der Waals surface area (Å²) < 4.78 is 0. The molecule has 4 heteroatoms. The second-order valence-electron chi connectivity index (χ2n) is 4.41. The average Bonchev–Trinajstić information content (AvgIpc) is 2.26. The van der Waals surface area contributed by atoms with Gasteiger partial charge >= 0.3 is 0 Å². The monoisotopic (exact) mass is 259 g/mol.